The van der Waals surface area contributed by atoms with Crippen LogP contribution in [0.15, 0.2) is 0 Å². The topological polar surface area (TPSA) is 50.7 Å². The molecule has 1 aliphatic carbocycles. The Morgan fingerprint density at radius 1 is 1.15 bits per heavy atom. The molecule has 2 N–H and O–H groups in total. The molecule has 2 aliphatic rings. The molecule has 0 aromatic carbocycles. The van der Waals surface area contributed by atoms with Gasteiger partial charge in [-0.3, -0.25) is 0 Å². The number of rotatable bonds is 7. The monoisotopic (exact) mass is 285 g/mol. The van der Waals surface area contributed by atoms with Gasteiger partial charge in [-0.15, -0.1) is 0 Å². The molecule has 20 heavy (non-hydrogen) atoms. The van der Waals surface area contributed by atoms with Crippen LogP contribution in [-0.2, 0) is 9.47 Å². The molecule has 1 aliphatic heterocycles. The summed E-state index contributed by atoms with van der Waals surface area (Å²) in [7, 11) is 0. The largest absolute Gasteiger partial charge is 0.389 e. The molecule has 118 valence electrons. The Morgan fingerprint density at radius 3 is 2.55 bits per heavy atom. The fourth-order valence-corrected chi connectivity index (χ4v) is 3.24. The van der Waals surface area contributed by atoms with E-state index in [1.807, 2.05) is 0 Å². The molecular formula is C16H31NO3. The van der Waals surface area contributed by atoms with Crippen LogP contribution in [0, 0.1) is 5.92 Å². The van der Waals surface area contributed by atoms with E-state index in [1.165, 1.54) is 32.1 Å². The third-order valence-corrected chi connectivity index (χ3v) is 4.73. The maximum Gasteiger partial charge on any atom is 0.0897 e. The van der Waals surface area contributed by atoms with Gasteiger partial charge in [0.2, 0.25) is 0 Å². The van der Waals surface area contributed by atoms with Crippen molar-refractivity contribution in [1.82, 2.24) is 5.32 Å². The van der Waals surface area contributed by atoms with E-state index >= 15 is 0 Å². The van der Waals surface area contributed by atoms with Crippen LogP contribution in [0.25, 0.3) is 0 Å². The highest BCUT2D eigenvalue weighted by Crippen LogP contribution is 2.20. The number of hydrogen-bond acceptors (Lipinski definition) is 4. The van der Waals surface area contributed by atoms with Crippen LogP contribution in [0.3, 0.4) is 0 Å². The molecule has 1 saturated heterocycles. The Hall–Kier alpha value is -0.160. The third-order valence-electron chi connectivity index (χ3n) is 4.73. The number of nitrogens with one attached hydrogen (secondary N) is 1. The Labute approximate surface area is 123 Å². The normalized spacial score (nSPS) is 25.5. The van der Waals surface area contributed by atoms with E-state index in [0.29, 0.717) is 31.2 Å². The van der Waals surface area contributed by atoms with E-state index < -0.39 is 0 Å². The summed E-state index contributed by atoms with van der Waals surface area (Å²) in [5.41, 5.74) is 0. The Bertz CT molecular complexity index is 250. The van der Waals surface area contributed by atoms with E-state index in [2.05, 4.69) is 12.2 Å². The second-order valence-corrected chi connectivity index (χ2v) is 6.39. The predicted molar refractivity (Wildman–Crippen MR) is 79.8 cm³/mol. The predicted octanol–water partition coefficient (Wildman–Crippen LogP) is 2.10. The molecule has 0 spiro atoms. The van der Waals surface area contributed by atoms with Crippen LogP contribution in [-0.4, -0.2) is 49.7 Å². The van der Waals surface area contributed by atoms with Crippen molar-refractivity contribution in [2.45, 2.75) is 70.1 Å². The van der Waals surface area contributed by atoms with Crippen LogP contribution in [0.5, 0.6) is 0 Å². The molecule has 0 aromatic heterocycles. The molecule has 1 saturated carbocycles. The quantitative estimate of drug-likeness (QED) is 0.752. The molecule has 1 heterocycles. The average Bonchev–Trinajstić information content (AvgIpc) is 2.52. The Balaban J connectivity index is 1.55. The minimum Gasteiger partial charge on any atom is -0.389 e. The molecule has 0 radical (unpaired) electrons. The van der Waals surface area contributed by atoms with Crippen molar-refractivity contribution >= 4 is 0 Å². The van der Waals surface area contributed by atoms with Gasteiger partial charge >= 0.3 is 0 Å². The fraction of sp³-hybridized carbons (Fsp3) is 1.00. The van der Waals surface area contributed by atoms with Crippen molar-refractivity contribution in [2.75, 3.05) is 26.4 Å². The first-order chi connectivity index (χ1) is 9.75. The summed E-state index contributed by atoms with van der Waals surface area (Å²) in [5, 5.41) is 13.5. The Morgan fingerprint density at radius 2 is 1.85 bits per heavy atom. The van der Waals surface area contributed by atoms with Gasteiger partial charge in [0, 0.05) is 25.8 Å². The summed E-state index contributed by atoms with van der Waals surface area (Å²) in [5.74, 6) is 0.676. The minimum atomic E-state index is -0.390. The van der Waals surface area contributed by atoms with E-state index in [4.69, 9.17) is 9.47 Å². The van der Waals surface area contributed by atoms with Crippen molar-refractivity contribution in [3.63, 3.8) is 0 Å². The molecule has 0 bridgehead atoms. The maximum atomic E-state index is 10.0. The third kappa shape index (κ3) is 5.68. The fourth-order valence-electron chi connectivity index (χ4n) is 3.24. The number of hydrogen-bond donors (Lipinski definition) is 2. The lowest BCUT2D eigenvalue weighted by atomic mass is 9.93. The molecule has 2 fully saturated rings. The zero-order valence-corrected chi connectivity index (χ0v) is 12.9. The first-order valence-corrected chi connectivity index (χ1v) is 8.36. The van der Waals surface area contributed by atoms with Gasteiger partial charge in [0.25, 0.3) is 0 Å². The first-order valence-electron chi connectivity index (χ1n) is 8.36. The highest BCUT2D eigenvalue weighted by Gasteiger charge is 2.21. The molecule has 2 rings (SSSR count). The Kier molecular flexibility index (Phi) is 7.28. The van der Waals surface area contributed by atoms with Gasteiger partial charge < -0.3 is 19.9 Å². The summed E-state index contributed by atoms with van der Waals surface area (Å²) >= 11 is 0. The van der Waals surface area contributed by atoms with Gasteiger partial charge in [0.1, 0.15) is 0 Å². The van der Waals surface area contributed by atoms with Gasteiger partial charge in [-0.2, -0.15) is 0 Å². The number of ether oxygens (including phenoxy) is 2. The van der Waals surface area contributed by atoms with Crippen molar-refractivity contribution < 1.29 is 14.6 Å². The van der Waals surface area contributed by atoms with Gasteiger partial charge in [0.15, 0.2) is 0 Å². The zero-order valence-electron chi connectivity index (χ0n) is 12.9. The highest BCUT2D eigenvalue weighted by atomic mass is 16.5. The minimum absolute atomic E-state index is 0.381. The standard InChI is InChI=1S/C16H31NO3/c1-13(14-7-9-19-10-8-14)17-11-15(18)12-20-16-5-3-2-4-6-16/h13-18H,2-12H2,1H3. The summed E-state index contributed by atoms with van der Waals surface area (Å²) in [4.78, 5) is 0. The molecule has 2 unspecified atom stereocenters. The smallest absolute Gasteiger partial charge is 0.0897 e. The van der Waals surface area contributed by atoms with Gasteiger partial charge in [-0.25, -0.2) is 0 Å². The number of aliphatic hydroxyl groups excluding tert-OH is 1. The van der Waals surface area contributed by atoms with Crippen LogP contribution < -0.4 is 5.32 Å². The lowest BCUT2D eigenvalue weighted by molar-refractivity contribution is -0.0246. The summed E-state index contributed by atoms with van der Waals surface area (Å²) < 4.78 is 11.2. The molecule has 2 atom stereocenters. The van der Waals surface area contributed by atoms with Crippen molar-refractivity contribution in [3.8, 4) is 0 Å². The van der Waals surface area contributed by atoms with E-state index in [0.717, 1.165) is 26.1 Å². The lowest BCUT2D eigenvalue weighted by Crippen LogP contribution is -2.42. The summed E-state index contributed by atoms with van der Waals surface area (Å²) in [6.45, 7) is 5.07. The maximum absolute atomic E-state index is 10.0. The van der Waals surface area contributed by atoms with E-state index in [1.54, 1.807) is 0 Å². The summed E-state index contributed by atoms with van der Waals surface area (Å²) in [6, 6.07) is 0.447. The van der Waals surface area contributed by atoms with Crippen molar-refractivity contribution in [2.24, 2.45) is 5.92 Å². The van der Waals surface area contributed by atoms with Crippen LogP contribution >= 0.6 is 0 Å². The first kappa shape index (κ1) is 16.2. The zero-order chi connectivity index (χ0) is 14.2. The van der Waals surface area contributed by atoms with Gasteiger partial charge in [-0.05, 0) is 38.5 Å². The molecule has 0 amide bonds. The molecular weight excluding hydrogens is 254 g/mol. The lowest BCUT2D eigenvalue weighted by Gasteiger charge is -2.29. The SMILES string of the molecule is CC(NCC(O)COC1CCCCC1)C1CCOCC1. The van der Waals surface area contributed by atoms with Crippen molar-refractivity contribution in [1.29, 1.82) is 0 Å². The average molecular weight is 285 g/mol. The van der Waals surface area contributed by atoms with Gasteiger partial charge in [0.05, 0.1) is 18.8 Å². The van der Waals surface area contributed by atoms with Gasteiger partial charge in [-0.1, -0.05) is 19.3 Å². The van der Waals surface area contributed by atoms with Crippen LogP contribution in [0.2, 0.25) is 0 Å². The van der Waals surface area contributed by atoms with Crippen LogP contribution in [0.1, 0.15) is 51.9 Å². The summed E-state index contributed by atoms with van der Waals surface area (Å²) in [6.07, 6.45) is 8.47. The number of aliphatic hydroxyl groups is 1. The highest BCUT2D eigenvalue weighted by molar-refractivity contribution is 4.76. The van der Waals surface area contributed by atoms with Crippen LogP contribution in [0.4, 0.5) is 0 Å². The second kappa shape index (κ2) is 8.98. The molecule has 4 nitrogen and oxygen atoms in total. The van der Waals surface area contributed by atoms with E-state index in [-0.39, 0.29) is 6.10 Å². The second-order valence-electron chi connectivity index (χ2n) is 6.39. The van der Waals surface area contributed by atoms with E-state index in [9.17, 15) is 5.11 Å². The van der Waals surface area contributed by atoms with Crippen molar-refractivity contribution in [3.05, 3.63) is 0 Å². The molecule has 4 heteroatoms. The molecule has 0 aromatic rings.